The molecular weight excluding hydrogens is 282 g/mol. The van der Waals surface area contributed by atoms with Crippen molar-refractivity contribution in [2.24, 2.45) is 5.92 Å². The molecule has 1 saturated heterocycles. The quantitative estimate of drug-likeness (QED) is 0.814. The molecule has 1 aliphatic rings. The summed E-state index contributed by atoms with van der Waals surface area (Å²) in [4.78, 5) is 13.5. The van der Waals surface area contributed by atoms with Gasteiger partial charge < -0.3 is 20.1 Å². The molecule has 0 aromatic carbocycles. The first-order chi connectivity index (χ1) is 9.69. The maximum Gasteiger partial charge on any atom is 0.410 e. The van der Waals surface area contributed by atoms with E-state index in [-0.39, 0.29) is 12.6 Å². The van der Waals surface area contributed by atoms with Crippen LogP contribution >= 0.6 is 0 Å². The molecule has 0 aromatic rings. The molecule has 5 nitrogen and oxygen atoms in total. The van der Waals surface area contributed by atoms with Crippen LogP contribution in [0.2, 0.25) is 0 Å². The predicted molar refractivity (Wildman–Crippen MR) is 75.4 cm³/mol. The van der Waals surface area contributed by atoms with Crippen molar-refractivity contribution in [3.05, 3.63) is 0 Å². The Bertz CT molecular complexity index is 327. The number of carbonyl (C=O) groups is 1. The fourth-order valence-corrected chi connectivity index (χ4v) is 2.17. The SMILES string of the molecule is CC(C)(C)OC(=O)N1CCC(CNCC(O)C(F)F)CC1. The maximum absolute atomic E-state index is 12.1. The highest BCUT2D eigenvalue weighted by Gasteiger charge is 2.27. The fraction of sp³-hybridized carbons (Fsp3) is 0.929. The van der Waals surface area contributed by atoms with Crippen molar-refractivity contribution in [1.82, 2.24) is 10.2 Å². The van der Waals surface area contributed by atoms with E-state index in [9.17, 15) is 13.6 Å². The number of alkyl halides is 2. The van der Waals surface area contributed by atoms with Gasteiger partial charge in [-0.2, -0.15) is 0 Å². The van der Waals surface area contributed by atoms with Crippen molar-refractivity contribution in [3.63, 3.8) is 0 Å². The first-order valence-electron chi connectivity index (χ1n) is 7.34. The standard InChI is InChI=1S/C14H26F2N2O3/c1-14(2,3)21-13(20)18-6-4-10(5-7-18)8-17-9-11(19)12(15)16/h10-12,17,19H,4-9H2,1-3H3. The zero-order valence-corrected chi connectivity index (χ0v) is 12.9. The summed E-state index contributed by atoms with van der Waals surface area (Å²) in [6, 6.07) is 0. The van der Waals surface area contributed by atoms with Gasteiger partial charge in [0.05, 0.1) is 0 Å². The molecule has 1 aliphatic heterocycles. The number of aliphatic hydroxyl groups excluding tert-OH is 1. The lowest BCUT2D eigenvalue weighted by Gasteiger charge is -2.33. The summed E-state index contributed by atoms with van der Waals surface area (Å²) in [5, 5.41) is 11.9. The van der Waals surface area contributed by atoms with Gasteiger partial charge in [-0.15, -0.1) is 0 Å². The van der Waals surface area contributed by atoms with Crippen LogP contribution in [0.25, 0.3) is 0 Å². The molecular formula is C14H26F2N2O3. The second-order valence-electron chi connectivity index (χ2n) is 6.47. The maximum atomic E-state index is 12.1. The lowest BCUT2D eigenvalue weighted by molar-refractivity contribution is -0.00433. The number of likely N-dealkylation sites (tertiary alicyclic amines) is 1. The molecule has 1 amide bonds. The Labute approximate surface area is 124 Å². The van der Waals surface area contributed by atoms with E-state index in [1.54, 1.807) is 4.90 Å². The Morgan fingerprint density at radius 2 is 1.95 bits per heavy atom. The lowest BCUT2D eigenvalue weighted by atomic mass is 9.97. The molecule has 0 aromatic heterocycles. The van der Waals surface area contributed by atoms with Crippen LogP contribution < -0.4 is 5.32 Å². The van der Waals surface area contributed by atoms with E-state index in [4.69, 9.17) is 9.84 Å². The molecule has 0 saturated carbocycles. The molecule has 21 heavy (non-hydrogen) atoms. The number of piperidine rings is 1. The number of ether oxygens (including phenoxy) is 1. The van der Waals surface area contributed by atoms with Crippen LogP contribution in [0.15, 0.2) is 0 Å². The van der Waals surface area contributed by atoms with Gasteiger partial charge in [0.2, 0.25) is 0 Å². The third-order valence-electron chi connectivity index (χ3n) is 3.34. The molecule has 1 atom stereocenters. The highest BCUT2D eigenvalue weighted by atomic mass is 19.3. The van der Waals surface area contributed by atoms with Crippen molar-refractivity contribution in [3.8, 4) is 0 Å². The smallest absolute Gasteiger partial charge is 0.410 e. The van der Waals surface area contributed by atoms with E-state index in [1.165, 1.54) is 0 Å². The number of hydrogen-bond donors (Lipinski definition) is 2. The van der Waals surface area contributed by atoms with Gasteiger partial charge in [0.1, 0.15) is 11.7 Å². The largest absolute Gasteiger partial charge is 0.444 e. The van der Waals surface area contributed by atoms with Crippen molar-refractivity contribution < 1.29 is 23.4 Å². The van der Waals surface area contributed by atoms with Crippen LogP contribution in [0, 0.1) is 5.92 Å². The average Bonchev–Trinajstić information content (AvgIpc) is 2.37. The highest BCUT2D eigenvalue weighted by Crippen LogP contribution is 2.19. The number of rotatable bonds is 5. The number of halogens is 2. The van der Waals surface area contributed by atoms with E-state index in [0.29, 0.717) is 25.6 Å². The third-order valence-corrected chi connectivity index (χ3v) is 3.34. The Morgan fingerprint density at radius 1 is 1.38 bits per heavy atom. The molecule has 0 spiro atoms. The minimum atomic E-state index is -2.72. The van der Waals surface area contributed by atoms with Crippen LogP contribution in [-0.4, -0.2) is 60.4 Å². The Hall–Kier alpha value is -0.950. The monoisotopic (exact) mass is 308 g/mol. The van der Waals surface area contributed by atoms with Gasteiger partial charge >= 0.3 is 6.09 Å². The molecule has 2 N–H and O–H groups in total. The first-order valence-corrected chi connectivity index (χ1v) is 7.34. The second kappa shape index (κ2) is 7.89. The van der Waals surface area contributed by atoms with Gasteiger partial charge in [-0.25, -0.2) is 13.6 Å². The van der Waals surface area contributed by atoms with Crippen molar-refractivity contribution in [2.75, 3.05) is 26.2 Å². The Balaban J connectivity index is 2.22. The van der Waals surface area contributed by atoms with Crippen molar-refractivity contribution in [1.29, 1.82) is 0 Å². The third kappa shape index (κ3) is 7.04. The normalized spacial score (nSPS) is 18.9. The van der Waals surface area contributed by atoms with Crippen molar-refractivity contribution >= 4 is 6.09 Å². The molecule has 1 rings (SSSR count). The van der Waals surface area contributed by atoms with E-state index in [2.05, 4.69) is 5.32 Å². The van der Waals surface area contributed by atoms with Gasteiger partial charge in [0.25, 0.3) is 6.43 Å². The Kier molecular flexibility index (Phi) is 6.80. The zero-order valence-electron chi connectivity index (χ0n) is 12.9. The predicted octanol–water partition coefficient (Wildman–Crippen LogP) is 1.85. The van der Waals surface area contributed by atoms with Gasteiger partial charge in [-0.3, -0.25) is 0 Å². The van der Waals surface area contributed by atoms with Crippen LogP contribution in [-0.2, 0) is 4.74 Å². The van der Waals surface area contributed by atoms with E-state index in [1.807, 2.05) is 20.8 Å². The van der Waals surface area contributed by atoms with Gasteiger partial charge in [-0.1, -0.05) is 0 Å². The molecule has 124 valence electrons. The van der Waals surface area contributed by atoms with Gasteiger partial charge in [0, 0.05) is 19.6 Å². The summed E-state index contributed by atoms with van der Waals surface area (Å²) >= 11 is 0. The topological polar surface area (TPSA) is 61.8 Å². The number of aliphatic hydroxyl groups is 1. The first kappa shape index (κ1) is 18.1. The van der Waals surface area contributed by atoms with E-state index < -0.39 is 18.1 Å². The summed E-state index contributed by atoms with van der Waals surface area (Å²) in [6.45, 7) is 7.18. The molecule has 0 bridgehead atoms. The fourth-order valence-electron chi connectivity index (χ4n) is 2.17. The zero-order chi connectivity index (χ0) is 16.0. The second-order valence-corrected chi connectivity index (χ2v) is 6.47. The highest BCUT2D eigenvalue weighted by molar-refractivity contribution is 5.68. The lowest BCUT2D eigenvalue weighted by Crippen LogP contribution is -2.44. The Morgan fingerprint density at radius 3 is 2.43 bits per heavy atom. The molecule has 1 unspecified atom stereocenters. The summed E-state index contributed by atoms with van der Waals surface area (Å²) in [6.07, 6.45) is -3.03. The number of nitrogens with zero attached hydrogens (tertiary/aromatic N) is 1. The number of nitrogens with one attached hydrogen (secondary N) is 1. The molecule has 0 aliphatic carbocycles. The molecule has 1 fully saturated rings. The molecule has 0 radical (unpaired) electrons. The molecule has 1 heterocycles. The number of carbonyl (C=O) groups excluding carboxylic acids is 1. The van der Waals surface area contributed by atoms with Crippen LogP contribution in [0.1, 0.15) is 33.6 Å². The van der Waals surface area contributed by atoms with Gasteiger partial charge in [-0.05, 0) is 46.1 Å². The van der Waals surface area contributed by atoms with Crippen LogP contribution in [0.3, 0.4) is 0 Å². The number of hydrogen-bond acceptors (Lipinski definition) is 4. The summed E-state index contributed by atoms with van der Waals surface area (Å²) in [7, 11) is 0. The average molecular weight is 308 g/mol. The summed E-state index contributed by atoms with van der Waals surface area (Å²) in [5.41, 5.74) is -0.499. The summed E-state index contributed by atoms with van der Waals surface area (Å²) < 4.78 is 29.5. The van der Waals surface area contributed by atoms with E-state index in [0.717, 1.165) is 12.8 Å². The molecule has 7 heteroatoms. The number of amides is 1. The summed E-state index contributed by atoms with van der Waals surface area (Å²) in [5.74, 6) is 0.327. The van der Waals surface area contributed by atoms with Crippen LogP contribution in [0.4, 0.5) is 13.6 Å². The van der Waals surface area contributed by atoms with Crippen molar-refractivity contribution in [2.45, 2.75) is 51.7 Å². The van der Waals surface area contributed by atoms with Crippen LogP contribution in [0.5, 0.6) is 0 Å². The minimum Gasteiger partial charge on any atom is -0.444 e. The van der Waals surface area contributed by atoms with Gasteiger partial charge in [0.15, 0.2) is 0 Å². The minimum absolute atomic E-state index is 0.107. The van der Waals surface area contributed by atoms with E-state index >= 15 is 0 Å².